The van der Waals surface area contributed by atoms with Gasteiger partial charge in [0.05, 0.1) is 17.2 Å². The van der Waals surface area contributed by atoms with Gasteiger partial charge < -0.3 is 25.2 Å². The molecule has 0 fully saturated rings. The second kappa shape index (κ2) is 10.3. The van der Waals surface area contributed by atoms with Gasteiger partial charge in [0.15, 0.2) is 5.75 Å². The van der Waals surface area contributed by atoms with E-state index in [1.165, 1.54) is 0 Å². The van der Waals surface area contributed by atoms with E-state index in [1.54, 1.807) is 37.4 Å². The average molecular weight is 413 g/mol. The molecule has 27 heavy (non-hydrogen) atoms. The number of para-hydroxylation sites is 1. The van der Waals surface area contributed by atoms with Gasteiger partial charge in [-0.05, 0) is 36.4 Å². The summed E-state index contributed by atoms with van der Waals surface area (Å²) < 4.78 is 10.7. The van der Waals surface area contributed by atoms with Gasteiger partial charge in [-0.25, -0.2) is 0 Å². The lowest BCUT2D eigenvalue weighted by molar-refractivity contribution is -0.117. The maximum Gasteiger partial charge on any atom is 0.219 e. The number of aliphatic hydroxyl groups is 1. The van der Waals surface area contributed by atoms with E-state index in [-0.39, 0.29) is 19.6 Å². The number of aliphatic hydroxyl groups excluding tert-OH is 1. The Morgan fingerprint density at radius 1 is 1.19 bits per heavy atom. The summed E-state index contributed by atoms with van der Waals surface area (Å²) in [7, 11) is 1.58. The van der Waals surface area contributed by atoms with Crippen LogP contribution in [0.3, 0.4) is 0 Å². The molecule has 6 nitrogen and oxygen atoms in total. The Morgan fingerprint density at radius 3 is 2.37 bits per heavy atom. The summed E-state index contributed by atoms with van der Waals surface area (Å²) in [6.45, 7) is 0.597. The Hall–Kier alpha value is -2.15. The van der Waals surface area contributed by atoms with Crippen molar-refractivity contribution in [3.05, 3.63) is 52.5 Å². The van der Waals surface area contributed by atoms with Gasteiger partial charge >= 0.3 is 0 Å². The predicted octanol–water partition coefficient (Wildman–Crippen LogP) is 3.12. The van der Waals surface area contributed by atoms with Gasteiger partial charge in [-0.2, -0.15) is 0 Å². The van der Waals surface area contributed by atoms with Crippen LogP contribution >= 0.6 is 23.2 Å². The van der Waals surface area contributed by atoms with Crippen LogP contribution in [0.5, 0.6) is 11.5 Å². The number of carbonyl (C=O) groups excluding carboxylic acids is 1. The summed E-state index contributed by atoms with van der Waals surface area (Å²) >= 11 is 12.1. The number of anilines is 1. The van der Waals surface area contributed by atoms with Gasteiger partial charge in [0.2, 0.25) is 5.91 Å². The van der Waals surface area contributed by atoms with Gasteiger partial charge in [-0.3, -0.25) is 4.79 Å². The first-order valence-corrected chi connectivity index (χ1v) is 9.08. The normalized spacial score (nSPS) is 11.7. The van der Waals surface area contributed by atoms with E-state index in [9.17, 15) is 9.90 Å². The fraction of sp³-hybridized carbons (Fsp3) is 0.316. The van der Waals surface area contributed by atoms with Gasteiger partial charge in [-0.1, -0.05) is 29.3 Å². The van der Waals surface area contributed by atoms with Crippen molar-refractivity contribution in [2.24, 2.45) is 5.73 Å². The molecule has 0 aliphatic carbocycles. The summed E-state index contributed by atoms with van der Waals surface area (Å²) in [6, 6.07) is 12.3. The molecular weight excluding hydrogens is 391 g/mol. The largest absolute Gasteiger partial charge is 0.497 e. The second-order valence-corrected chi connectivity index (χ2v) is 6.69. The van der Waals surface area contributed by atoms with Crippen molar-refractivity contribution in [3.63, 3.8) is 0 Å². The first kappa shape index (κ1) is 21.2. The van der Waals surface area contributed by atoms with Crippen LogP contribution in [0, 0.1) is 0 Å². The summed E-state index contributed by atoms with van der Waals surface area (Å²) in [5.74, 6) is 0.626. The Balaban J connectivity index is 2.03. The second-order valence-electron chi connectivity index (χ2n) is 5.88. The molecule has 2 aromatic carbocycles. The fourth-order valence-electron chi connectivity index (χ4n) is 2.47. The highest BCUT2D eigenvalue weighted by Gasteiger charge is 2.16. The predicted molar refractivity (Wildman–Crippen MR) is 107 cm³/mol. The van der Waals surface area contributed by atoms with Gasteiger partial charge in [0.1, 0.15) is 18.5 Å². The summed E-state index contributed by atoms with van der Waals surface area (Å²) in [4.78, 5) is 13.0. The number of nitrogens with zero attached hydrogens (tertiary/aromatic N) is 1. The molecular formula is C19H22Cl2N2O4. The smallest absolute Gasteiger partial charge is 0.219 e. The standard InChI is InChI=1S/C19H22Cl2N2O4/c1-26-15-7-5-13(6-8-15)23(10-9-18(22)25)11-14(24)12-27-19-16(20)3-2-4-17(19)21/h2-8,14,24H,9-12H2,1H3,(H2,22,25). The van der Waals surface area contributed by atoms with Gasteiger partial charge in [0, 0.05) is 25.2 Å². The third-order valence-electron chi connectivity index (χ3n) is 3.84. The van der Waals surface area contributed by atoms with Gasteiger partial charge in [-0.15, -0.1) is 0 Å². The van der Waals surface area contributed by atoms with Crippen molar-refractivity contribution in [2.45, 2.75) is 12.5 Å². The van der Waals surface area contributed by atoms with Crippen molar-refractivity contribution in [3.8, 4) is 11.5 Å². The minimum atomic E-state index is -0.840. The Kier molecular flexibility index (Phi) is 8.03. The minimum absolute atomic E-state index is 0.00726. The van der Waals surface area contributed by atoms with Crippen LogP contribution in [0.4, 0.5) is 5.69 Å². The molecule has 0 aliphatic heterocycles. The van der Waals surface area contributed by atoms with Crippen LogP contribution in [0.1, 0.15) is 6.42 Å². The Bertz CT molecular complexity index is 736. The number of methoxy groups -OCH3 is 1. The van der Waals surface area contributed by atoms with E-state index in [0.29, 0.717) is 28.1 Å². The number of carbonyl (C=O) groups is 1. The SMILES string of the molecule is COc1ccc(N(CCC(N)=O)CC(O)COc2c(Cl)cccc2Cl)cc1. The molecule has 8 heteroatoms. The van der Waals surface area contributed by atoms with Crippen LogP contribution in [0.25, 0.3) is 0 Å². The quantitative estimate of drug-likeness (QED) is 0.625. The molecule has 3 N–H and O–H groups in total. The molecule has 0 heterocycles. The van der Waals surface area contributed by atoms with Crippen molar-refractivity contribution in [1.29, 1.82) is 0 Å². The molecule has 146 valence electrons. The lowest BCUT2D eigenvalue weighted by atomic mass is 10.2. The van der Waals surface area contributed by atoms with Crippen LogP contribution in [-0.2, 0) is 4.79 Å². The average Bonchev–Trinajstić information content (AvgIpc) is 2.64. The molecule has 0 aliphatic rings. The third kappa shape index (κ3) is 6.50. The number of amides is 1. The molecule has 2 aromatic rings. The van der Waals surface area contributed by atoms with E-state index in [4.69, 9.17) is 38.4 Å². The molecule has 0 aromatic heterocycles. The highest BCUT2D eigenvalue weighted by molar-refractivity contribution is 6.37. The van der Waals surface area contributed by atoms with Crippen LogP contribution in [-0.4, -0.2) is 43.9 Å². The molecule has 0 saturated heterocycles. The van der Waals surface area contributed by atoms with Crippen molar-refractivity contribution < 1.29 is 19.4 Å². The number of benzene rings is 2. The molecule has 2 rings (SSSR count). The maximum absolute atomic E-state index is 11.2. The van der Waals surface area contributed by atoms with E-state index in [0.717, 1.165) is 5.69 Å². The molecule has 0 bridgehead atoms. The number of ether oxygens (including phenoxy) is 2. The monoisotopic (exact) mass is 412 g/mol. The topological polar surface area (TPSA) is 85.0 Å². The zero-order chi connectivity index (χ0) is 19.8. The molecule has 0 radical (unpaired) electrons. The van der Waals surface area contributed by atoms with Gasteiger partial charge in [0.25, 0.3) is 0 Å². The van der Waals surface area contributed by atoms with Crippen molar-refractivity contribution >= 4 is 34.8 Å². The first-order chi connectivity index (χ1) is 12.9. The molecule has 0 spiro atoms. The number of rotatable bonds is 10. The van der Waals surface area contributed by atoms with Crippen LogP contribution in [0.2, 0.25) is 10.0 Å². The zero-order valence-electron chi connectivity index (χ0n) is 14.9. The lowest BCUT2D eigenvalue weighted by Gasteiger charge is -2.27. The minimum Gasteiger partial charge on any atom is -0.497 e. The first-order valence-electron chi connectivity index (χ1n) is 8.33. The Morgan fingerprint density at radius 2 is 1.81 bits per heavy atom. The summed E-state index contributed by atoms with van der Waals surface area (Å²) in [6.07, 6.45) is -0.678. The Labute approximate surface area is 168 Å². The maximum atomic E-state index is 11.2. The molecule has 1 amide bonds. The summed E-state index contributed by atoms with van der Waals surface area (Å²) in [5, 5.41) is 11.1. The number of hydrogen-bond donors (Lipinski definition) is 2. The van der Waals surface area contributed by atoms with E-state index < -0.39 is 12.0 Å². The van der Waals surface area contributed by atoms with E-state index in [2.05, 4.69) is 0 Å². The molecule has 0 saturated carbocycles. The third-order valence-corrected chi connectivity index (χ3v) is 4.43. The number of primary amides is 1. The lowest BCUT2D eigenvalue weighted by Crippen LogP contribution is -2.37. The molecule has 1 unspecified atom stereocenters. The van der Waals surface area contributed by atoms with Crippen LogP contribution in [0.15, 0.2) is 42.5 Å². The van der Waals surface area contributed by atoms with Crippen LogP contribution < -0.4 is 20.1 Å². The highest BCUT2D eigenvalue weighted by Crippen LogP contribution is 2.32. The highest BCUT2D eigenvalue weighted by atomic mass is 35.5. The fourth-order valence-corrected chi connectivity index (χ4v) is 2.98. The summed E-state index contributed by atoms with van der Waals surface area (Å²) in [5.41, 5.74) is 6.09. The zero-order valence-corrected chi connectivity index (χ0v) is 16.4. The van der Waals surface area contributed by atoms with E-state index in [1.807, 2.05) is 17.0 Å². The van der Waals surface area contributed by atoms with Crippen molar-refractivity contribution in [1.82, 2.24) is 0 Å². The molecule has 1 atom stereocenters. The van der Waals surface area contributed by atoms with Crippen molar-refractivity contribution in [2.75, 3.05) is 31.7 Å². The number of halogens is 2. The number of hydrogen-bond acceptors (Lipinski definition) is 5. The number of nitrogens with two attached hydrogens (primary N) is 1. The van der Waals surface area contributed by atoms with E-state index >= 15 is 0 Å².